The van der Waals surface area contributed by atoms with Crippen molar-refractivity contribution in [1.82, 2.24) is 10.3 Å². The van der Waals surface area contributed by atoms with Gasteiger partial charge in [-0.3, -0.25) is 4.79 Å². The summed E-state index contributed by atoms with van der Waals surface area (Å²) in [6.45, 7) is 3.71. The van der Waals surface area contributed by atoms with Crippen LogP contribution in [0, 0.1) is 5.41 Å². The molecule has 1 saturated carbocycles. The number of pyridine rings is 1. The lowest BCUT2D eigenvalue weighted by atomic mass is 10.1. The van der Waals surface area contributed by atoms with Crippen LogP contribution in [0.1, 0.15) is 26.2 Å². The predicted molar refractivity (Wildman–Crippen MR) is 75.3 cm³/mol. The molecule has 1 aromatic rings. The molecule has 1 aliphatic carbocycles. The lowest BCUT2D eigenvalue weighted by Crippen LogP contribution is -2.40. The summed E-state index contributed by atoms with van der Waals surface area (Å²) in [4.78, 5) is 18.5. The fraction of sp³-hybridized carbons (Fsp3) is 0.571. The number of nitrogens with one attached hydrogen (secondary N) is 1. The topological polar surface area (TPSA) is 45.2 Å². The number of hydrogen-bond acceptors (Lipinski definition) is 3. The second kappa shape index (κ2) is 4.67. The van der Waals surface area contributed by atoms with Gasteiger partial charge in [0.2, 0.25) is 5.91 Å². The van der Waals surface area contributed by atoms with Crippen LogP contribution in [0.2, 0.25) is 5.02 Å². The van der Waals surface area contributed by atoms with E-state index in [1.54, 1.807) is 6.20 Å². The molecule has 0 bridgehead atoms. The Balaban J connectivity index is 1.61. The molecule has 1 N–H and O–H groups in total. The molecule has 0 aromatic carbocycles. The van der Waals surface area contributed by atoms with Crippen molar-refractivity contribution in [2.75, 3.05) is 18.0 Å². The molecule has 5 heteroatoms. The van der Waals surface area contributed by atoms with Crippen LogP contribution in [0.4, 0.5) is 5.82 Å². The van der Waals surface area contributed by atoms with E-state index in [2.05, 4.69) is 15.2 Å². The average molecular weight is 280 g/mol. The van der Waals surface area contributed by atoms with Crippen molar-refractivity contribution in [3.05, 3.63) is 23.4 Å². The molecule has 2 heterocycles. The highest BCUT2D eigenvalue weighted by molar-refractivity contribution is 6.32. The highest BCUT2D eigenvalue weighted by atomic mass is 35.5. The van der Waals surface area contributed by atoms with Crippen molar-refractivity contribution in [2.45, 2.75) is 32.2 Å². The Hall–Kier alpha value is -1.29. The lowest BCUT2D eigenvalue weighted by molar-refractivity contribution is -0.126. The van der Waals surface area contributed by atoms with Gasteiger partial charge in [0.25, 0.3) is 0 Å². The third-order valence-corrected chi connectivity index (χ3v) is 4.41. The Morgan fingerprint density at radius 1 is 1.58 bits per heavy atom. The Bertz CT molecular complexity index is 501. The molecule has 1 saturated heterocycles. The summed E-state index contributed by atoms with van der Waals surface area (Å²) >= 11 is 6.15. The first kappa shape index (κ1) is 12.7. The molecule has 1 atom stereocenters. The molecule has 102 valence electrons. The first-order chi connectivity index (χ1) is 9.08. The molecule has 1 amide bonds. The van der Waals surface area contributed by atoms with E-state index < -0.39 is 0 Å². The van der Waals surface area contributed by atoms with E-state index in [1.807, 2.05) is 19.1 Å². The van der Waals surface area contributed by atoms with Gasteiger partial charge in [0.05, 0.1) is 5.02 Å². The molecular weight excluding hydrogens is 262 g/mol. The van der Waals surface area contributed by atoms with Crippen LogP contribution < -0.4 is 10.2 Å². The first-order valence-corrected chi connectivity index (χ1v) is 7.13. The summed E-state index contributed by atoms with van der Waals surface area (Å²) in [5.74, 6) is 1.02. The van der Waals surface area contributed by atoms with E-state index in [9.17, 15) is 4.79 Å². The average Bonchev–Trinajstić information content (AvgIpc) is 2.98. The minimum Gasteiger partial charge on any atom is -0.353 e. The van der Waals surface area contributed by atoms with Gasteiger partial charge < -0.3 is 10.2 Å². The quantitative estimate of drug-likeness (QED) is 0.923. The summed E-state index contributed by atoms with van der Waals surface area (Å²) in [7, 11) is 0. The van der Waals surface area contributed by atoms with E-state index >= 15 is 0 Å². The van der Waals surface area contributed by atoms with Crippen molar-refractivity contribution in [1.29, 1.82) is 0 Å². The lowest BCUT2D eigenvalue weighted by Gasteiger charge is -2.19. The number of halogens is 1. The molecule has 4 nitrogen and oxygen atoms in total. The van der Waals surface area contributed by atoms with Gasteiger partial charge in [0, 0.05) is 30.7 Å². The monoisotopic (exact) mass is 279 g/mol. The number of anilines is 1. The zero-order valence-corrected chi connectivity index (χ0v) is 11.8. The minimum absolute atomic E-state index is 0.101. The highest BCUT2D eigenvalue weighted by Crippen LogP contribution is 2.45. The molecule has 1 aliphatic heterocycles. The highest BCUT2D eigenvalue weighted by Gasteiger charge is 2.45. The van der Waals surface area contributed by atoms with E-state index in [0.29, 0.717) is 5.02 Å². The molecule has 0 spiro atoms. The SMILES string of the molecule is CC1(C(=O)NC2CCN(c3ncccc3Cl)C2)CC1. The smallest absolute Gasteiger partial charge is 0.226 e. The van der Waals surface area contributed by atoms with Crippen LogP contribution in [0.3, 0.4) is 0 Å². The largest absolute Gasteiger partial charge is 0.353 e. The second-order valence-electron chi connectivity index (χ2n) is 5.77. The third-order valence-electron chi connectivity index (χ3n) is 4.11. The maximum absolute atomic E-state index is 12.0. The molecule has 19 heavy (non-hydrogen) atoms. The van der Waals surface area contributed by atoms with Crippen LogP contribution >= 0.6 is 11.6 Å². The molecular formula is C14H18ClN3O. The van der Waals surface area contributed by atoms with Crippen LogP contribution in [0.5, 0.6) is 0 Å². The number of amides is 1. The molecule has 1 unspecified atom stereocenters. The standard InChI is InChI=1S/C14H18ClN3O/c1-14(5-6-14)13(19)17-10-4-8-18(9-10)12-11(15)3-2-7-16-12/h2-3,7,10H,4-6,8-9H2,1H3,(H,17,19). The normalized spacial score (nSPS) is 24.3. The van der Waals surface area contributed by atoms with E-state index in [1.165, 1.54) is 0 Å². The molecule has 0 radical (unpaired) electrons. The number of carbonyl (C=O) groups is 1. The second-order valence-corrected chi connectivity index (χ2v) is 6.18. The van der Waals surface area contributed by atoms with E-state index in [0.717, 1.165) is 38.2 Å². The fourth-order valence-electron chi connectivity index (χ4n) is 2.45. The van der Waals surface area contributed by atoms with Crippen molar-refractivity contribution in [3.8, 4) is 0 Å². The predicted octanol–water partition coefficient (Wildman–Crippen LogP) is 2.23. The summed E-state index contributed by atoms with van der Waals surface area (Å²) in [6, 6.07) is 3.89. The Morgan fingerprint density at radius 2 is 2.37 bits per heavy atom. The molecule has 2 fully saturated rings. The zero-order valence-electron chi connectivity index (χ0n) is 11.0. The number of nitrogens with zero attached hydrogens (tertiary/aromatic N) is 2. The Kier molecular flexibility index (Phi) is 3.13. The number of carbonyl (C=O) groups excluding carboxylic acids is 1. The van der Waals surface area contributed by atoms with Crippen LogP contribution in [-0.4, -0.2) is 30.0 Å². The van der Waals surface area contributed by atoms with Crippen molar-refractivity contribution >= 4 is 23.3 Å². The number of aromatic nitrogens is 1. The summed E-state index contributed by atoms with van der Waals surface area (Å²) in [5.41, 5.74) is -0.101. The van der Waals surface area contributed by atoms with Crippen LogP contribution in [-0.2, 0) is 4.79 Å². The van der Waals surface area contributed by atoms with Gasteiger partial charge in [-0.25, -0.2) is 4.98 Å². The molecule has 3 rings (SSSR count). The molecule has 1 aromatic heterocycles. The van der Waals surface area contributed by atoms with Crippen LogP contribution in [0.25, 0.3) is 0 Å². The van der Waals surface area contributed by atoms with E-state index in [4.69, 9.17) is 11.6 Å². The molecule has 2 aliphatic rings. The maximum atomic E-state index is 12.0. The van der Waals surface area contributed by atoms with Gasteiger partial charge in [-0.2, -0.15) is 0 Å². The van der Waals surface area contributed by atoms with Gasteiger partial charge >= 0.3 is 0 Å². The van der Waals surface area contributed by atoms with Gasteiger partial charge in [-0.1, -0.05) is 18.5 Å². The minimum atomic E-state index is -0.101. The van der Waals surface area contributed by atoms with E-state index in [-0.39, 0.29) is 17.4 Å². The van der Waals surface area contributed by atoms with Crippen molar-refractivity contribution in [2.24, 2.45) is 5.41 Å². The van der Waals surface area contributed by atoms with Crippen molar-refractivity contribution in [3.63, 3.8) is 0 Å². The first-order valence-electron chi connectivity index (χ1n) is 6.75. The number of rotatable bonds is 3. The summed E-state index contributed by atoms with van der Waals surface area (Å²) in [5, 5.41) is 3.82. The summed E-state index contributed by atoms with van der Waals surface area (Å²) in [6.07, 6.45) is 4.73. The fourth-order valence-corrected chi connectivity index (χ4v) is 2.70. The number of hydrogen-bond donors (Lipinski definition) is 1. The van der Waals surface area contributed by atoms with Gasteiger partial charge in [0.1, 0.15) is 5.82 Å². The zero-order chi connectivity index (χ0) is 13.5. The van der Waals surface area contributed by atoms with Crippen LogP contribution in [0.15, 0.2) is 18.3 Å². The van der Waals surface area contributed by atoms with Crippen molar-refractivity contribution < 1.29 is 4.79 Å². The Labute approximate surface area is 118 Å². The van der Waals surface area contributed by atoms with Gasteiger partial charge in [-0.15, -0.1) is 0 Å². The van der Waals surface area contributed by atoms with Gasteiger partial charge in [0.15, 0.2) is 0 Å². The third kappa shape index (κ3) is 2.54. The Morgan fingerprint density at radius 3 is 3.05 bits per heavy atom. The van der Waals surface area contributed by atoms with Gasteiger partial charge in [-0.05, 0) is 31.4 Å². The summed E-state index contributed by atoms with van der Waals surface area (Å²) < 4.78 is 0. The maximum Gasteiger partial charge on any atom is 0.226 e.